The largest absolute Gasteiger partial charge is 0.389 e. The fourth-order valence-electron chi connectivity index (χ4n) is 3.12. The maximum Gasteiger partial charge on any atom is 0.181 e. The Hall–Kier alpha value is -1.17. The summed E-state index contributed by atoms with van der Waals surface area (Å²) >= 11 is 0. The first-order valence-electron chi connectivity index (χ1n) is 7.37. The molecule has 1 aromatic carbocycles. The quantitative estimate of drug-likeness (QED) is 0.836. The second-order valence-electron chi connectivity index (χ2n) is 6.94. The van der Waals surface area contributed by atoms with Gasteiger partial charge in [0.1, 0.15) is 5.60 Å². The molecule has 2 atom stereocenters. The van der Waals surface area contributed by atoms with E-state index >= 15 is 0 Å². The van der Waals surface area contributed by atoms with Gasteiger partial charge in [0.25, 0.3) is 0 Å². The highest BCUT2D eigenvalue weighted by molar-refractivity contribution is 7.91. The molecule has 2 rings (SSSR count). The van der Waals surface area contributed by atoms with Crippen molar-refractivity contribution < 1.29 is 18.6 Å². The molecule has 0 spiro atoms. The van der Waals surface area contributed by atoms with Crippen LogP contribution in [0.3, 0.4) is 0 Å². The van der Waals surface area contributed by atoms with Gasteiger partial charge in [0.2, 0.25) is 0 Å². The van der Waals surface area contributed by atoms with Gasteiger partial charge in [-0.25, -0.2) is 8.42 Å². The van der Waals surface area contributed by atoms with Crippen molar-refractivity contribution in [3.05, 3.63) is 41.5 Å². The molecular formula is C17H24O4S. The number of hydrogen-bond acceptors (Lipinski definition) is 4. The molecule has 0 radical (unpaired) electrons. The lowest BCUT2D eigenvalue weighted by Gasteiger charge is -2.47. The van der Waals surface area contributed by atoms with Crippen molar-refractivity contribution in [1.29, 1.82) is 0 Å². The number of aryl methyl sites for hydroxylation is 1. The molecule has 0 saturated heterocycles. The molecule has 1 aromatic rings. The number of rotatable bonds is 3. The lowest BCUT2D eigenvalue weighted by molar-refractivity contribution is -0.0485. The lowest BCUT2D eigenvalue weighted by Crippen LogP contribution is -2.54. The van der Waals surface area contributed by atoms with Gasteiger partial charge in [-0.1, -0.05) is 37.6 Å². The van der Waals surface area contributed by atoms with Gasteiger partial charge >= 0.3 is 0 Å². The van der Waals surface area contributed by atoms with Gasteiger partial charge in [0.15, 0.2) is 9.84 Å². The molecule has 0 amide bonds. The Morgan fingerprint density at radius 3 is 2.23 bits per heavy atom. The second kappa shape index (κ2) is 5.48. The number of sulfone groups is 1. The molecule has 1 aliphatic rings. The third kappa shape index (κ3) is 2.98. The molecule has 0 bridgehead atoms. The molecule has 0 heterocycles. The van der Waals surface area contributed by atoms with E-state index in [9.17, 15) is 18.6 Å². The van der Waals surface area contributed by atoms with E-state index in [-0.39, 0.29) is 10.6 Å². The first-order valence-corrected chi connectivity index (χ1v) is 9.02. The Morgan fingerprint density at radius 1 is 1.18 bits per heavy atom. The molecule has 0 unspecified atom stereocenters. The molecule has 0 saturated carbocycles. The SMILES string of the molecule is CC1=C[C@@H](O)CC(C)(C)[C@@]1(O)CS(=O)(=O)c1ccc(C)cc1. The van der Waals surface area contributed by atoms with Crippen LogP contribution in [0.2, 0.25) is 0 Å². The van der Waals surface area contributed by atoms with Gasteiger partial charge in [0, 0.05) is 5.41 Å². The first kappa shape index (κ1) is 17.2. The van der Waals surface area contributed by atoms with E-state index in [0.29, 0.717) is 12.0 Å². The maximum absolute atomic E-state index is 12.7. The normalized spacial score (nSPS) is 28.3. The minimum absolute atomic E-state index is 0.209. The number of benzene rings is 1. The lowest BCUT2D eigenvalue weighted by atomic mass is 9.65. The Morgan fingerprint density at radius 2 is 1.73 bits per heavy atom. The molecule has 5 heteroatoms. The summed E-state index contributed by atoms with van der Waals surface area (Å²) in [6, 6.07) is 6.63. The molecule has 0 aliphatic heterocycles. The summed E-state index contributed by atoms with van der Waals surface area (Å²) < 4.78 is 25.4. The van der Waals surface area contributed by atoms with Crippen molar-refractivity contribution in [2.45, 2.75) is 50.7 Å². The fraction of sp³-hybridized carbons (Fsp3) is 0.529. The van der Waals surface area contributed by atoms with E-state index < -0.39 is 27.0 Å². The topological polar surface area (TPSA) is 74.6 Å². The highest BCUT2D eigenvalue weighted by Gasteiger charge is 2.50. The fourth-order valence-corrected chi connectivity index (χ4v) is 5.01. The van der Waals surface area contributed by atoms with Crippen molar-refractivity contribution in [2.75, 3.05) is 5.75 Å². The molecule has 22 heavy (non-hydrogen) atoms. The van der Waals surface area contributed by atoms with E-state index in [1.165, 1.54) is 0 Å². The highest BCUT2D eigenvalue weighted by Crippen LogP contribution is 2.45. The summed E-state index contributed by atoms with van der Waals surface area (Å²) in [5, 5.41) is 20.9. The van der Waals surface area contributed by atoms with Crippen molar-refractivity contribution in [3.8, 4) is 0 Å². The van der Waals surface area contributed by atoms with Crippen LogP contribution in [0.25, 0.3) is 0 Å². The van der Waals surface area contributed by atoms with Gasteiger partial charge in [-0.3, -0.25) is 0 Å². The van der Waals surface area contributed by atoms with Crippen molar-refractivity contribution in [1.82, 2.24) is 0 Å². The molecule has 0 aromatic heterocycles. The summed E-state index contributed by atoms with van der Waals surface area (Å²) in [4.78, 5) is 0.209. The molecule has 122 valence electrons. The van der Waals surface area contributed by atoms with Crippen molar-refractivity contribution in [3.63, 3.8) is 0 Å². The van der Waals surface area contributed by atoms with Crippen LogP contribution in [-0.2, 0) is 9.84 Å². The number of aliphatic hydroxyl groups excluding tert-OH is 1. The van der Waals surface area contributed by atoms with Crippen LogP contribution in [0.5, 0.6) is 0 Å². The molecule has 0 fully saturated rings. The van der Waals surface area contributed by atoms with E-state index in [1.807, 2.05) is 6.92 Å². The molecule has 4 nitrogen and oxygen atoms in total. The predicted octanol–water partition coefficient (Wildman–Crippen LogP) is 2.24. The zero-order valence-corrected chi connectivity index (χ0v) is 14.3. The number of hydrogen-bond donors (Lipinski definition) is 2. The third-order valence-corrected chi connectivity index (χ3v) is 6.50. The summed E-state index contributed by atoms with van der Waals surface area (Å²) in [6.45, 7) is 7.14. The molecule has 2 N–H and O–H groups in total. The van der Waals surface area contributed by atoms with Crippen LogP contribution in [0.15, 0.2) is 40.8 Å². The van der Waals surface area contributed by atoms with Gasteiger partial charge in [-0.2, -0.15) is 0 Å². The van der Waals surface area contributed by atoms with Crippen molar-refractivity contribution in [2.24, 2.45) is 5.41 Å². The summed E-state index contributed by atoms with van der Waals surface area (Å²) in [5.74, 6) is -0.384. The Kier molecular flexibility index (Phi) is 4.28. The minimum Gasteiger partial charge on any atom is -0.389 e. The minimum atomic E-state index is -3.63. The molecule has 1 aliphatic carbocycles. The van der Waals surface area contributed by atoms with Crippen LogP contribution in [-0.4, -0.2) is 36.1 Å². The van der Waals surface area contributed by atoms with Gasteiger partial charge in [-0.05, 0) is 38.0 Å². The summed E-state index contributed by atoms with van der Waals surface area (Å²) in [6.07, 6.45) is 1.22. The van der Waals surface area contributed by atoms with Crippen LogP contribution in [0.1, 0.15) is 32.8 Å². The first-order chi connectivity index (χ1) is 9.98. The van der Waals surface area contributed by atoms with E-state index in [0.717, 1.165) is 5.56 Å². The predicted molar refractivity (Wildman–Crippen MR) is 86.3 cm³/mol. The van der Waals surface area contributed by atoms with Crippen LogP contribution in [0.4, 0.5) is 0 Å². The second-order valence-corrected chi connectivity index (χ2v) is 8.93. The van der Waals surface area contributed by atoms with Crippen LogP contribution < -0.4 is 0 Å². The van der Waals surface area contributed by atoms with Crippen LogP contribution in [0, 0.1) is 12.3 Å². The standard InChI is InChI=1S/C17H24O4S/c1-12-5-7-15(8-6-12)22(20,21)11-17(19)13(2)9-14(18)10-16(17,3)4/h5-9,14,18-19H,10-11H2,1-4H3/t14-,17-/m1/s1. The smallest absolute Gasteiger partial charge is 0.181 e. The Bertz CT molecular complexity index is 686. The summed E-state index contributed by atoms with van der Waals surface area (Å²) in [5.41, 5.74) is -0.735. The van der Waals surface area contributed by atoms with Gasteiger partial charge in [0.05, 0.1) is 16.8 Å². The van der Waals surface area contributed by atoms with E-state index in [2.05, 4.69) is 0 Å². The average molecular weight is 324 g/mol. The maximum atomic E-state index is 12.7. The zero-order chi connectivity index (χ0) is 16.8. The van der Waals surface area contributed by atoms with Crippen molar-refractivity contribution >= 4 is 9.84 Å². The number of aliphatic hydroxyl groups is 2. The van der Waals surface area contributed by atoms with Gasteiger partial charge in [-0.15, -0.1) is 0 Å². The third-order valence-electron chi connectivity index (χ3n) is 4.71. The Labute approximate surface area is 132 Å². The molecular weight excluding hydrogens is 300 g/mol. The highest BCUT2D eigenvalue weighted by atomic mass is 32.2. The average Bonchev–Trinajstić information content (AvgIpc) is 2.36. The summed E-state index contributed by atoms with van der Waals surface area (Å²) in [7, 11) is -3.63. The Balaban J connectivity index is 2.43. The monoisotopic (exact) mass is 324 g/mol. The zero-order valence-electron chi connectivity index (χ0n) is 13.5. The van der Waals surface area contributed by atoms with Gasteiger partial charge < -0.3 is 10.2 Å². The van der Waals surface area contributed by atoms with E-state index in [4.69, 9.17) is 0 Å². The van der Waals surface area contributed by atoms with Crippen LogP contribution >= 0.6 is 0 Å². The van der Waals surface area contributed by atoms with E-state index in [1.54, 1.807) is 51.1 Å².